The van der Waals surface area contributed by atoms with E-state index < -0.39 is 0 Å². The maximum atomic E-state index is 12.6. The molecule has 4 unspecified atom stereocenters. The van der Waals surface area contributed by atoms with Crippen LogP contribution in [0, 0.1) is 5.92 Å². The molecule has 6 heteroatoms. The van der Waals surface area contributed by atoms with Gasteiger partial charge in [0.15, 0.2) is 0 Å². The van der Waals surface area contributed by atoms with Gasteiger partial charge in [-0.2, -0.15) is 0 Å². The number of ether oxygens (including phenoxy) is 1. The summed E-state index contributed by atoms with van der Waals surface area (Å²) in [4.78, 5) is 18.7. The molecule has 0 saturated carbocycles. The summed E-state index contributed by atoms with van der Waals surface area (Å²) >= 11 is 0. The van der Waals surface area contributed by atoms with Crippen LogP contribution in [-0.2, 0) is 4.79 Å². The molecule has 2 aliphatic heterocycles. The second kappa shape index (κ2) is 5.89. The number of nitrogens with one attached hydrogen (secondary N) is 2. The largest absolute Gasteiger partial charge is 0.497 e. The molecule has 1 amide bonds. The number of fused-ring (bicyclic) bond motifs is 1. The lowest BCUT2D eigenvalue weighted by Gasteiger charge is -2.28. The third-order valence-electron chi connectivity index (χ3n) is 5.04. The molecule has 2 saturated heterocycles. The molecule has 24 heavy (non-hydrogen) atoms. The lowest BCUT2D eigenvalue weighted by Crippen LogP contribution is -2.39. The summed E-state index contributed by atoms with van der Waals surface area (Å²) in [5.74, 6) is 0.999. The van der Waals surface area contributed by atoms with Crippen molar-refractivity contribution in [2.75, 3.05) is 14.2 Å². The second-order valence-corrected chi connectivity index (χ2v) is 6.28. The molecule has 124 valence electrons. The highest BCUT2D eigenvalue weighted by Crippen LogP contribution is 2.46. The summed E-state index contributed by atoms with van der Waals surface area (Å²) in [6.45, 7) is 0. The average Bonchev–Trinajstić information content (AvgIpc) is 3.16. The molecule has 6 nitrogen and oxygen atoms in total. The van der Waals surface area contributed by atoms with E-state index in [1.54, 1.807) is 13.3 Å². The number of hydrazine groups is 1. The number of nitrogens with zero attached hydrogens (tertiary/aromatic N) is 2. The zero-order valence-corrected chi connectivity index (χ0v) is 13.6. The smallest absolute Gasteiger partial charge is 0.241 e. The summed E-state index contributed by atoms with van der Waals surface area (Å²) in [6.07, 6.45) is 3.60. The average molecular weight is 324 g/mol. The SMILES string of the molecule is COc1cccc(C2NNC3C(=O)N(C)C(c4cccnc4)C32)c1. The van der Waals surface area contributed by atoms with E-state index >= 15 is 0 Å². The van der Waals surface area contributed by atoms with Crippen LogP contribution in [0.25, 0.3) is 0 Å². The minimum atomic E-state index is -0.239. The van der Waals surface area contributed by atoms with Crippen molar-refractivity contribution in [2.45, 2.75) is 18.1 Å². The molecule has 2 fully saturated rings. The molecule has 3 heterocycles. The van der Waals surface area contributed by atoms with E-state index in [-0.39, 0.29) is 30.0 Å². The molecular weight excluding hydrogens is 304 g/mol. The summed E-state index contributed by atoms with van der Waals surface area (Å²) < 4.78 is 5.34. The van der Waals surface area contributed by atoms with Crippen molar-refractivity contribution < 1.29 is 9.53 Å². The quantitative estimate of drug-likeness (QED) is 0.894. The maximum absolute atomic E-state index is 12.6. The Bertz CT molecular complexity index is 752. The second-order valence-electron chi connectivity index (χ2n) is 6.28. The van der Waals surface area contributed by atoms with Gasteiger partial charge >= 0.3 is 0 Å². The number of benzene rings is 1. The monoisotopic (exact) mass is 324 g/mol. The van der Waals surface area contributed by atoms with Crippen LogP contribution < -0.4 is 15.6 Å². The Morgan fingerprint density at radius 2 is 1.92 bits per heavy atom. The molecule has 2 aromatic rings. The molecule has 0 aliphatic carbocycles. The zero-order chi connectivity index (χ0) is 16.7. The Morgan fingerprint density at radius 1 is 1.12 bits per heavy atom. The van der Waals surface area contributed by atoms with E-state index in [1.807, 2.05) is 48.5 Å². The normalized spacial score (nSPS) is 28.9. The summed E-state index contributed by atoms with van der Waals surface area (Å²) in [5.41, 5.74) is 8.64. The van der Waals surface area contributed by atoms with Crippen molar-refractivity contribution >= 4 is 5.91 Å². The van der Waals surface area contributed by atoms with E-state index in [9.17, 15) is 4.79 Å². The van der Waals surface area contributed by atoms with Gasteiger partial charge in [-0.15, -0.1) is 0 Å². The van der Waals surface area contributed by atoms with E-state index in [0.29, 0.717) is 0 Å². The molecule has 0 radical (unpaired) electrons. The molecule has 2 aliphatic rings. The van der Waals surface area contributed by atoms with E-state index in [0.717, 1.165) is 16.9 Å². The molecule has 4 atom stereocenters. The van der Waals surface area contributed by atoms with Crippen molar-refractivity contribution in [3.63, 3.8) is 0 Å². The van der Waals surface area contributed by atoms with E-state index in [2.05, 4.69) is 21.9 Å². The Kier molecular flexibility index (Phi) is 3.70. The minimum absolute atomic E-state index is 0.0178. The highest BCUT2D eigenvalue weighted by Gasteiger charge is 2.54. The first-order chi connectivity index (χ1) is 11.7. The third kappa shape index (κ3) is 2.26. The Balaban J connectivity index is 1.74. The molecule has 4 rings (SSSR count). The molecular formula is C18H20N4O2. The predicted molar refractivity (Wildman–Crippen MR) is 89.0 cm³/mol. The topological polar surface area (TPSA) is 66.5 Å². The first-order valence-electron chi connectivity index (χ1n) is 8.02. The fourth-order valence-electron chi connectivity index (χ4n) is 3.91. The molecule has 1 aromatic heterocycles. The van der Waals surface area contributed by atoms with Crippen molar-refractivity contribution in [2.24, 2.45) is 5.92 Å². The van der Waals surface area contributed by atoms with Crippen LogP contribution >= 0.6 is 0 Å². The van der Waals surface area contributed by atoms with Crippen LogP contribution in [0.4, 0.5) is 0 Å². The number of likely N-dealkylation sites (N-methyl/N-ethyl adjacent to an activating group) is 1. The fourth-order valence-corrected chi connectivity index (χ4v) is 3.91. The van der Waals surface area contributed by atoms with Crippen molar-refractivity contribution in [3.05, 3.63) is 59.9 Å². The van der Waals surface area contributed by atoms with Crippen LogP contribution in [-0.4, -0.2) is 36.0 Å². The molecule has 0 spiro atoms. The van der Waals surface area contributed by atoms with E-state index in [1.165, 1.54) is 0 Å². The molecule has 1 aromatic carbocycles. The number of carbonyl (C=O) groups is 1. The lowest BCUT2D eigenvalue weighted by molar-refractivity contribution is -0.129. The summed E-state index contributed by atoms with van der Waals surface area (Å²) in [5, 5.41) is 0. The summed E-state index contributed by atoms with van der Waals surface area (Å²) in [6, 6.07) is 11.7. The zero-order valence-electron chi connectivity index (χ0n) is 13.6. The van der Waals surface area contributed by atoms with Crippen molar-refractivity contribution in [1.29, 1.82) is 0 Å². The number of methoxy groups -OCH3 is 1. The van der Waals surface area contributed by atoms with Crippen LogP contribution in [0.2, 0.25) is 0 Å². The van der Waals surface area contributed by atoms with Crippen LogP contribution in [0.1, 0.15) is 23.2 Å². The Morgan fingerprint density at radius 3 is 2.67 bits per heavy atom. The lowest BCUT2D eigenvalue weighted by atomic mass is 9.84. The molecule has 0 bridgehead atoms. The predicted octanol–water partition coefficient (Wildman–Crippen LogP) is 1.44. The van der Waals surface area contributed by atoms with Crippen molar-refractivity contribution in [1.82, 2.24) is 20.7 Å². The number of pyridine rings is 1. The Hall–Kier alpha value is -2.44. The van der Waals surface area contributed by atoms with Gasteiger partial charge in [0, 0.05) is 25.4 Å². The van der Waals surface area contributed by atoms with Gasteiger partial charge in [0.1, 0.15) is 11.8 Å². The van der Waals surface area contributed by atoms with Crippen LogP contribution in [0.5, 0.6) is 5.75 Å². The number of likely N-dealkylation sites (tertiary alicyclic amines) is 1. The number of hydrogen-bond donors (Lipinski definition) is 2. The number of aromatic nitrogens is 1. The van der Waals surface area contributed by atoms with Gasteiger partial charge in [-0.25, -0.2) is 10.9 Å². The first-order valence-corrected chi connectivity index (χ1v) is 8.02. The highest BCUT2D eigenvalue weighted by molar-refractivity contribution is 5.86. The van der Waals surface area contributed by atoms with Gasteiger partial charge in [-0.1, -0.05) is 18.2 Å². The Labute approximate surface area is 140 Å². The standard InChI is InChI=1S/C18H20N4O2/c1-22-17(12-6-4-8-19-10-12)14-15(20-21-16(14)18(22)23)11-5-3-7-13(9-11)24-2/h3-10,14-17,20-21H,1-2H3. The van der Waals surface area contributed by atoms with Gasteiger partial charge < -0.3 is 9.64 Å². The first kappa shape index (κ1) is 15.1. The van der Waals surface area contributed by atoms with Crippen molar-refractivity contribution in [3.8, 4) is 5.75 Å². The number of hydrogen-bond acceptors (Lipinski definition) is 5. The van der Waals surface area contributed by atoms with Gasteiger partial charge in [-0.05, 0) is 29.3 Å². The highest BCUT2D eigenvalue weighted by atomic mass is 16.5. The number of carbonyl (C=O) groups excluding carboxylic acids is 1. The number of rotatable bonds is 3. The maximum Gasteiger partial charge on any atom is 0.241 e. The number of amides is 1. The van der Waals surface area contributed by atoms with E-state index in [4.69, 9.17) is 4.74 Å². The van der Waals surface area contributed by atoms with Gasteiger partial charge in [0.25, 0.3) is 0 Å². The summed E-state index contributed by atoms with van der Waals surface area (Å²) in [7, 11) is 3.52. The van der Waals surface area contributed by atoms with Gasteiger partial charge in [0.05, 0.1) is 19.2 Å². The molecule has 2 N–H and O–H groups in total. The third-order valence-corrected chi connectivity index (χ3v) is 5.04. The van der Waals surface area contributed by atoms with Crippen LogP contribution in [0.3, 0.4) is 0 Å². The van der Waals surface area contributed by atoms with Gasteiger partial charge in [0.2, 0.25) is 5.91 Å². The van der Waals surface area contributed by atoms with Gasteiger partial charge in [-0.3, -0.25) is 9.78 Å². The van der Waals surface area contributed by atoms with Crippen LogP contribution in [0.15, 0.2) is 48.8 Å². The fraction of sp³-hybridized carbons (Fsp3) is 0.333. The minimum Gasteiger partial charge on any atom is -0.497 e.